The van der Waals surface area contributed by atoms with Crippen molar-refractivity contribution in [2.24, 2.45) is 5.92 Å². The molecular formula is C10H17NO2. The molecule has 0 aromatic carbocycles. The fourth-order valence-electron chi connectivity index (χ4n) is 1.88. The summed E-state index contributed by atoms with van der Waals surface area (Å²) in [7, 11) is 0. The summed E-state index contributed by atoms with van der Waals surface area (Å²) in [5.41, 5.74) is 0. The van der Waals surface area contributed by atoms with Crippen molar-refractivity contribution in [1.29, 1.82) is 0 Å². The van der Waals surface area contributed by atoms with Crippen molar-refractivity contribution in [3.05, 3.63) is 0 Å². The molecule has 13 heavy (non-hydrogen) atoms. The van der Waals surface area contributed by atoms with Crippen molar-refractivity contribution in [1.82, 2.24) is 4.90 Å². The van der Waals surface area contributed by atoms with Crippen molar-refractivity contribution in [3.8, 4) is 0 Å². The standard InChI is InChI=1S/C10H17NO2/c12-9-2-1-5-11(7-9)10(13)6-8-3-4-8/h8-9,12H,1-7H2. The summed E-state index contributed by atoms with van der Waals surface area (Å²) in [5, 5.41) is 9.38. The maximum absolute atomic E-state index is 11.6. The molecule has 0 bridgehead atoms. The van der Waals surface area contributed by atoms with Crippen LogP contribution in [0.15, 0.2) is 0 Å². The number of nitrogens with zero attached hydrogens (tertiary/aromatic N) is 1. The number of piperidine rings is 1. The van der Waals surface area contributed by atoms with Crippen molar-refractivity contribution in [3.63, 3.8) is 0 Å². The molecule has 74 valence electrons. The van der Waals surface area contributed by atoms with Crippen LogP contribution < -0.4 is 0 Å². The number of hydrogen-bond acceptors (Lipinski definition) is 2. The fourth-order valence-corrected chi connectivity index (χ4v) is 1.88. The van der Waals surface area contributed by atoms with Gasteiger partial charge in [-0.15, -0.1) is 0 Å². The van der Waals surface area contributed by atoms with Gasteiger partial charge in [-0.1, -0.05) is 0 Å². The van der Waals surface area contributed by atoms with Crippen LogP contribution in [0, 0.1) is 5.92 Å². The summed E-state index contributed by atoms with van der Waals surface area (Å²) < 4.78 is 0. The van der Waals surface area contributed by atoms with Crippen LogP contribution in [0.25, 0.3) is 0 Å². The molecule has 1 heterocycles. The highest BCUT2D eigenvalue weighted by molar-refractivity contribution is 5.76. The second-order valence-electron chi connectivity index (χ2n) is 4.28. The summed E-state index contributed by atoms with van der Waals surface area (Å²) in [6.45, 7) is 1.41. The number of aliphatic hydroxyl groups is 1. The number of aliphatic hydroxyl groups excluding tert-OH is 1. The van der Waals surface area contributed by atoms with Crippen LogP contribution in [0.3, 0.4) is 0 Å². The van der Waals surface area contributed by atoms with Gasteiger partial charge in [-0.2, -0.15) is 0 Å². The first-order valence-electron chi connectivity index (χ1n) is 5.21. The van der Waals surface area contributed by atoms with Crippen LogP contribution in [0.2, 0.25) is 0 Å². The van der Waals surface area contributed by atoms with Gasteiger partial charge in [-0.05, 0) is 31.6 Å². The summed E-state index contributed by atoms with van der Waals surface area (Å²) in [5.74, 6) is 0.910. The monoisotopic (exact) mass is 183 g/mol. The van der Waals surface area contributed by atoms with Crippen LogP contribution in [-0.2, 0) is 4.79 Å². The lowest BCUT2D eigenvalue weighted by Crippen LogP contribution is -2.42. The normalized spacial score (nSPS) is 29.0. The molecule has 1 N–H and O–H groups in total. The zero-order valence-electron chi connectivity index (χ0n) is 7.91. The van der Waals surface area contributed by atoms with Gasteiger partial charge in [-0.25, -0.2) is 0 Å². The summed E-state index contributed by atoms with van der Waals surface area (Å²) in [6.07, 6.45) is 4.69. The maximum Gasteiger partial charge on any atom is 0.222 e. The van der Waals surface area contributed by atoms with E-state index in [0.717, 1.165) is 19.4 Å². The van der Waals surface area contributed by atoms with E-state index in [4.69, 9.17) is 0 Å². The van der Waals surface area contributed by atoms with Crippen LogP contribution in [0.5, 0.6) is 0 Å². The van der Waals surface area contributed by atoms with E-state index in [9.17, 15) is 9.90 Å². The lowest BCUT2D eigenvalue weighted by atomic mass is 10.1. The summed E-state index contributed by atoms with van der Waals surface area (Å²) in [4.78, 5) is 13.4. The van der Waals surface area contributed by atoms with Gasteiger partial charge in [0, 0.05) is 19.5 Å². The SMILES string of the molecule is O=C(CC1CC1)N1CCCC(O)C1. The topological polar surface area (TPSA) is 40.5 Å². The van der Waals surface area contributed by atoms with Crippen LogP contribution in [-0.4, -0.2) is 35.1 Å². The van der Waals surface area contributed by atoms with E-state index in [1.165, 1.54) is 12.8 Å². The van der Waals surface area contributed by atoms with Gasteiger partial charge >= 0.3 is 0 Å². The Labute approximate surface area is 78.7 Å². The number of carbonyl (C=O) groups is 1. The molecule has 1 atom stereocenters. The third-order valence-electron chi connectivity index (χ3n) is 2.91. The molecule has 0 spiro atoms. The van der Waals surface area contributed by atoms with E-state index in [0.29, 0.717) is 18.9 Å². The first-order chi connectivity index (χ1) is 6.25. The lowest BCUT2D eigenvalue weighted by molar-refractivity contribution is -0.134. The highest BCUT2D eigenvalue weighted by Crippen LogP contribution is 2.33. The zero-order valence-corrected chi connectivity index (χ0v) is 7.91. The molecule has 1 aliphatic carbocycles. The number of amides is 1. The average molecular weight is 183 g/mol. The van der Waals surface area contributed by atoms with Crippen LogP contribution in [0.4, 0.5) is 0 Å². The van der Waals surface area contributed by atoms with Gasteiger partial charge in [0.1, 0.15) is 0 Å². The maximum atomic E-state index is 11.6. The van der Waals surface area contributed by atoms with E-state index < -0.39 is 0 Å². The molecule has 2 rings (SSSR count). The Morgan fingerprint density at radius 1 is 1.38 bits per heavy atom. The van der Waals surface area contributed by atoms with E-state index in [1.54, 1.807) is 0 Å². The van der Waals surface area contributed by atoms with Crippen molar-refractivity contribution >= 4 is 5.91 Å². The van der Waals surface area contributed by atoms with Crippen molar-refractivity contribution in [2.45, 2.75) is 38.2 Å². The minimum atomic E-state index is -0.281. The number of likely N-dealkylation sites (tertiary alicyclic amines) is 1. The van der Waals surface area contributed by atoms with Gasteiger partial charge < -0.3 is 10.0 Å². The molecule has 0 aromatic rings. The molecule has 3 nitrogen and oxygen atoms in total. The third-order valence-corrected chi connectivity index (χ3v) is 2.91. The summed E-state index contributed by atoms with van der Waals surface area (Å²) >= 11 is 0. The van der Waals surface area contributed by atoms with Crippen molar-refractivity contribution < 1.29 is 9.90 Å². The van der Waals surface area contributed by atoms with Gasteiger partial charge in [0.2, 0.25) is 5.91 Å². The predicted molar refractivity (Wildman–Crippen MR) is 49.2 cm³/mol. The number of rotatable bonds is 2. The van der Waals surface area contributed by atoms with E-state index in [2.05, 4.69) is 0 Å². The Hall–Kier alpha value is -0.570. The first-order valence-corrected chi connectivity index (χ1v) is 5.21. The number of hydrogen-bond donors (Lipinski definition) is 1. The highest BCUT2D eigenvalue weighted by atomic mass is 16.3. The summed E-state index contributed by atoms with van der Waals surface area (Å²) in [6, 6.07) is 0. The van der Waals surface area contributed by atoms with Gasteiger partial charge in [0.25, 0.3) is 0 Å². The zero-order chi connectivity index (χ0) is 9.26. The van der Waals surface area contributed by atoms with Gasteiger partial charge in [0.15, 0.2) is 0 Å². The minimum absolute atomic E-state index is 0.251. The Morgan fingerprint density at radius 3 is 2.77 bits per heavy atom. The predicted octanol–water partition coefficient (Wildman–Crippen LogP) is 0.770. The second kappa shape index (κ2) is 3.66. The molecule has 2 aliphatic rings. The molecule has 1 unspecified atom stereocenters. The molecule has 1 aliphatic heterocycles. The van der Waals surface area contributed by atoms with E-state index in [-0.39, 0.29) is 12.0 Å². The largest absolute Gasteiger partial charge is 0.391 e. The molecule has 2 fully saturated rings. The van der Waals surface area contributed by atoms with E-state index >= 15 is 0 Å². The van der Waals surface area contributed by atoms with Crippen molar-refractivity contribution in [2.75, 3.05) is 13.1 Å². The molecule has 1 amide bonds. The molecule has 1 saturated carbocycles. The Kier molecular flexibility index (Phi) is 2.54. The second-order valence-corrected chi connectivity index (χ2v) is 4.28. The van der Waals surface area contributed by atoms with Gasteiger partial charge in [-0.3, -0.25) is 4.79 Å². The quantitative estimate of drug-likeness (QED) is 0.687. The average Bonchev–Trinajstić information content (AvgIpc) is 2.88. The first kappa shape index (κ1) is 9.00. The highest BCUT2D eigenvalue weighted by Gasteiger charge is 2.28. The van der Waals surface area contributed by atoms with Gasteiger partial charge in [0.05, 0.1) is 6.10 Å². The molecular weight excluding hydrogens is 166 g/mol. The lowest BCUT2D eigenvalue weighted by Gasteiger charge is -2.30. The minimum Gasteiger partial charge on any atom is -0.391 e. The Morgan fingerprint density at radius 2 is 2.15 bits per heavy atom. The third kappa shape index (κ3) is 2.44. The Balaban J connectivity index is 1.80. The van der Waals surface area contributed by atoms with Crippen LogP contribution in [0.1, 0.15) is 32.1 Å². The molecule has 0 radical (unpaired) electrons. The van der Waals surface area contributed by atoms with E-state index in [1.807, 2.05) is 4.90 Å². The molecule has 1 saturated heterocycles. The smallest absolute Gasteiger partial charge is 0.222 e. The molecule has 3 heteroatoms. The Bertz CT molecular complexity index is 201. The van der Waals surface area contributed by atoms with Crippen LogP contribution >= 0.6 is 0 Å². The fraction of sp³-hybridized carbons (Fsp3) is 0.900. The molecule has 0 aromatic heterocycles. The number of carbonyl (C=O) groups excluding carboxylic acids is 1. The number of β-amino-alcohol motifs (C(OH)–C–C–N with tert-alkyl or cyclic N) is 1.